The predicted molar refractivity (Wildman–Crippen MR) is 89.8 cm³/mol. The van der Waals surface area contributed by atoms with Crippen LogP contribution in [0.3, 0.4) is 0 Å². The molecule has 0 fully saturated rings. The summed E-state index contributed by atoms with van der Waals surface area (Å²) in [7, 11) is 1.54. The molecule has 2 N–H and O–H groups in total. The molecule has 2 amide bonds. The average Bonchev–Trinajstić information content (AvgIpc) is 3.00. The monoisotopic (exact) mass is 327 g/mol. The van der Waals surface area contributed by atoms with Crippen molar-refractivity contribution in [1.82, 2.24) is 14.6 Å². The van der Waals surface area contributed by atoms with Gasteiger partial charge in [0.15, 0.2) is 5.65 Å². The summed E-state index contributed by atoms with van der Waals surface area (Å²) in [6.45, 7) is 2.39. The highest BCUT2D eigenvalue weighted by Crippen LogP contribution is 2.24. The van der Waals surface area contributed by atoms with E-state index in [1.54, 1.807) is 34.7 Å². The molecule has 0 aliphatic carbocycles. The average molecular weight is 327 g/mol. The van der Waals surface area contributed by atoms with Gasteiger partial charge >= 0.3 is 6.03 Å². The Morgan fingerprint density at radius 3 is 2.75 bits per heavy atom. The van der Waals surface area contributed by atoms with Crippen LogP contribution in [0.5, 0.6) is 11.6 Å². The van der Waals surface area contributed by atoms with Gasteiger partial charge in [0, 0.05) is 0 Å². The fraction of sp³-hybridized carbons (Fsp3) is 0.188. The number of carbonyl (C=O) groups is 1. The SMILES string of the molecule is CCOc1ccccc1NC(=O)Nc1nnc2cccc(OC)n12. The number of rotatable bonds is 5. The molecule has 8 nitrogen and oxygen atoms in total. The van der Waals surface area contributed by atoms with Gasteiger partial charge in [-0.05, 0) is 31.2 Å². The highest BCUT2D eigenvalue weighted by molar-refractivity contribution is 5.99. The first-order valence-corrected chi connectivity index (χ1v) is 7.41. The predicted octanol–water partition coefficient (Wildman–Crippen LogP) is 2.78. The molecule has 1 aromatic carbocycles. The van der Waals surface area contributed by atoms with Crippen molar-refractivity contribution in [1.29, 1.82) is 0 Å². The number of fused-ring (bicyclic) bond motifs is 1. The van der Waals surface area contributed by atoms with Crippen LogP contribution in [0.1, 0.15) is 6.92 Å². The highest BCUT2D eigenvalue weighted by atomic mass is 16.5. The molecule has 3 rings (SSSR count). The van der Waals surface area contributed by atoms with Crippen LogP contribution < -0.4 is 20.1 Å². The second-order valence-electron chi connectivity index (χ2n) is 4.79. The molecule has 124 valence electrons. The summed E-state index contributed by atoms with van der Waals surface area (Å²) in [5.41, 5.74) is 1.14. The number of ether oxygens (including phenoxy) is 2. The number of urea groups is 1. The molecule has 2 heterocycles. The van der Waals surface area contributed by atoms with Crippen molar-refractivity contribution in [2.75, 3.05) is 24.4 Å². The smallest absolute Gasteiger partial charge is 0.326 e. The summed E-state index contributed by atoms with van der Waals surface area (Å²) in [5, 5.41) is 13.4. The molecule has 0 aliphatic rings. The molecule has 0 unspecified atom stereocenters. The number of nitrogens with one attached hydrogen (secondary N) is 2. The Balaban J connectivity index is 1.81. The second kappa shape index (κ2) is 6.86. The summed E-state index contributed by atoms with van der Waals surface area (Å²) in [6.07, 6.45) is 0. The summed E-state index contributed by atoms with van der Waals surface area (Å²) in [4.78, 5) is 12.3. The van der Waals surface area contributed by atoms with E-state index in [0.29, 0.717) is 29.6 Å². The quantitative estimate of drug-likeness (QED) is 0.752. The van der Waals surface area contributed by atoms with Crippen LogP contribution >= 0.6 is 0 Å². The summed E-state index contributed by atoms with van der Waals surface area (Å²) >= 11 is 0. The number of methoxy groups -OCH3 is 1. The molecule has 0 radical (unpaired) electrons. The zero-order valence-electron chi connectivity index (χ0n) is 13.3. The molecule has 0 bridgehead atoms. The zero-order chi connectivity index (χ0) is 16.9. The van der Waals surface area contributed by atoms with E-state index in [4.69, 9.17) is 9.47 Å². The first-order chi connectivity index (χ1) is 11.7. The van der Waals surface area contributed by atoms with Crippen LogP contribution in [0.2, 0.25) is 0 Å². The van der Waals surface area contributed by atoms with Crippen molar-refractivity contribution in [3.63, 3.8) is 0 Å². The van der Waals surface area contributed by atoms with Crippen molar-refractivity contribution in [3.8, 4) is 11.6 Å². The Hall–Kier alpha value is -3.29. The Labute approximate surface area is 138 Å². The van der Waals surface area contributed by atoms with Gasteiger partial charge in [-0.2, -0.15) is 0 Å². The van der Waals surface area contributed by atoms with Gasteiger partial charge in [-0.15, -0.1) is 10.2 Å². The summed E-state index contributed by atoms with van der Waals surface area (Å²) in [6, 6.07) is 12.1. The largest absolute Gasteiger partial charge is 0.492 e. The molecule has 0 saturated carbocycles. The molecule has 24 heavy (non-hydrogen) atoms. The standard InChI is InChI=1S/C16H17N5O3/c1-3-24-12-8-5-4-7-11(12)17-16(22)18-15-20-19-13-9-6-10-14(23-2)21(13)15/h4-10H,3H2,1-2H3,(H2,17,18,20,22). The van der Waals surface area contributed by atoms with E-state index in [0.717, 1.165) is 0 Å². The fourth-order valence-electron chi connectivity index (χ4n) is 2.26. The van der Waals surface area contributed by atoms with Crippen LogP contribution in [0.15, 0.2) is 42.5 Å². The molecular formula is C16H17N5O3. The number of amides is 2. The minimum absolute atomic E-state index is 0.258. The van der Waals surface area contributed by atoms with Crippen LogP contribution in [0, 0.1) is 0 Å². The number of carbonyl (C=O) groups excluding carboxylic acids is 1. The molecular weight excluding hydrogens is 310 g/mol. The number of nitrogens with zero attached hydrogens (tertiary/aromatic N) is 3. The van der Waals surface area contributed by atoms with E-state index < -0.39 is 6.03 Å². The zero-order valence-corrected chi connectivity index (χ0v) is 13.3. The van der Waals surface area contributed by atoms with Crippen LogP contribution in [0.25, 0.3) is 5.65 Å². The normalized spacial score (nSPS) is 10.4. The minimum atomic E-state index is -0.456. The lowest BCUT2D eigenvalue weighted by molar-refractivity contribution is 0.261. The molecule has 3 aromatic rings. The maximum atomic E-state index is 12.3. The molecule has 0 atom stereocenters. The van der Waals surface area contributed by atoms with E-state index in [1.165, 1.54) is 7.11 Å². The Morgan fingerprint density at radius 2 is 1.96 bits per heavy atom. The summed E-state index contributed by atoms with van der Waals surface area (Å²) < 4.78 is 12.4. The van der Waals surface area contributed by atoms with Gasteiger partial charge in [-0.1, -0.05) is 18.2 Å². The lowest BCUT2D eigenvalue weighted by atomic mass is 10.3. The highest BCUT2D eigenvalue weighted by Gasteiger charge is 2.13. The van der Waals surface area contributed by atoms with Crippen molar-refractivity contribution in [2.24, 2.45) is 0 Å². The number of aromatic nitrogens is 3. The van der Waals surface area contributed by atoms with Crippen LogP contribution in [0.4, 0.5) is 16.4 Å². The van der Waals surface area contributed by atoms with Crippen molar-refractivity contribution >= 4 is 23.3 Å². The minimum Gasteiger partial charge on any atom is -0.492 e. The number of para-hydroxylation sites is 2. The molecule has 0 spiro atoms. The first kappa shape index (κ1) is 15.6. The van der Waals surface area contributed by atoms with Gasteiger partial charge in [0.25, 0.3) is 0 Å². The molecule has 0 saturated heterocycles. The Kier molecular flexibility index (Phi) is 4.46. The van der Waals surface area contributed by atoms with E-state index in [1.807, 2.05) is 19.1 Å². The van der Waals surface area contributed by atoms with E-state index in [-0.39, 0.29) is 5.95 Å². The third-order valence-corrected chi connectivity index (χ3v) is 3.26. The fourth-order valence-corrected chi connectivity index (χ4v) is 2.26. The van der Waals surface area contributed by atoms with Gasteiger partial charge < -0.3 is 14.8 Å². The lowest BCUT2D eigenvalue weighted by Gasteiger charge is -2.12. The van der Waals surface area contributed by atoms with Gasteiger partial charge in [0.2, 0.25) is 11.8 Å². The van der Waals surface area contributed by atoms with Crippen LogP contribution in [-0.4, -0.2) is 34.3 Å². The van der Waals surface area contributed by atoms with Crippen molar-refractivity contribution in [3.05, 3.63) is 42.5 Å². The van der Waals surface area contributed by atoms with Crippen molar-refractivity contribution < 1.29 is 14.3 Å². The first-order valence-electron chi connectivity index (χ1n) is 7.41. The topological polar surface area (TPSA) is 89.8 Å². The van der Waals surface area contributed by atoms with E-state index in [2.05, 4.69) is 20.8 Å². The second-order valence-corrected chi connectivity index (χ2v) is 4.79. The van der Waals surface area contributed by atoms with Crippen molar-refractivity contribution in [2.45, 2.75) is 6.92 Å². The van der Waals surface area contributed by atoms with Gasteiger partial charge in [-0.3, -0.25) is 5.32 Å². The van der Waals surface area contributed by atoms with Crippen LogP contribution in [-0.2, 0) is 0 Å². The molecule has 8 heteroatoms. The number of hydrogen-bond donors (Lipinski definition) is 2. The van der Waals surface area contributed by atoms with Gasteiger partial charge in [0.1, 0.15) is 5.75 Å². The Bertz CT molecular complexity index is 862. The number of benzene rings is 1. The van der Waals surface area contributed by atoms with Gasteiger partial charge in [-0.25, -0.2) is 9.20 Å². The maximum absolute atomic E-state index is 12.3. The van der Waals surface area contributed by atoms with E-state index in [9.17, 15) is 4.79 Å². The lowest BCUT2D eigenvalue weighted by Crippen LogP contribution is -2.21. The Morgan fingerprint density at radius 1 is 1.12 bits per heavy atom. The summed E-state index contributed by atoms with van der Waals surface area (Å²) in [5.74, 6) is 1.37. The third kappa shape index (κ3) is 3.07. The molecule has 2 aromatic heterocycles. The van der Waals surface area contributed by atoms with Gasteiger partial charge in [0.05, 0.1) is 19.4 Å². The van der Waals surface area contributed by atoms with E-state index >= 15 is 0 Å². The number of anilines is 2. The molecule has 0 aliphatic heterocycles. The third-order valence-electron chi connectivity index (χ3n) is 3.26. The number of pyridine rings is 1. The maximum Gasteiger partial charge on any atom is 0.326 e. The number of hydrogen-bond acceptors (Lipinski definition) is 5.